The average molecular weight is 342 g/mol. The monoisotopic (exact) mass is 341 g/mol. The summed E-state index contributed by atoms with van der Waals surface area (Å²) in [7, 11) is 1.56. The molecule has 0 aromatic carbocycles. The molecule has 1 rings (SSSR count). The lowest BCUT2D eigenvalue weighted by atomic mass is 10.1. The Bertz CT molecular complexity index is 466. The zero-order chi connectivity index (χ0) is 17.6. The number of rotatable bonds is 8. The molecule has 1 saturated heterocycles. The van der Waals surface area contributed by atoms with E-state index < -0.39 is 4.05 Å². The molecule has 1 heterocycles. The number of allylic oxidation sites excluding steroid dienone is 3. The van der Waals surface area contributed by atoms with E-state index in [0.29, 0.717) is 17.7 Å². The third-order valence-corrected chi connectivity index (χ3v) is 4.64. The van der Waals surface area contributed by atoms with E-state index in [1.54, 1.807) is 7.05 Å². The van der Waals surface area contributed by atoms with Crippen molar-refractivity contribution in [1.82, 2.24) is 4.90 Å². The fourth-order valence-electron chi connectivity index (χ4n) is 2.99. The lowest BCUT2D eigenvalue weighted by Gasteiger charge is -2.20. The van der Waals surface area contributed by atoms with E-state index in [2.05, 4.69) is 38.1 Å². The van der Waals surface area contributed by atoms with E-state index in [1.807, 2.05) is 26.0 Å². The van der Waals surface area contributed by atoms with E-state index in [1.165, 1.54) is 19.4 Å². The molecular weight excluding hydrogens is 308 g/mol. The summed E-state index contributed by atoms with van der Waals surface area (Å²) < 4.78 is 5.42. The van der Waals surface area contributed by atoms with Gasteiger partial charge in [-0.3, -0.25) is 0 Å². The second-order valence-electron chi connectivity index (χ2n) is 6.63. The first-order valence-corrected chi connectivity index (χ1v) is 8.82. The molecule has 4 nitrogen and oxygen atoms in total. The van der Waals surface area contributed by atoms with Gasteiger partial charge in [0, 0.05) is 24.1 Å². The smallest absolute Gasteiger partial charge is 0.172 e. The van der Waals surface area contributed by atoms with Crippen LogP contribution in [0.1, 0.15) is 40.5 Å². The molecule has 0 aromatic heterocycles. The Morgan fingerprint density at radius 1 is 1.52 bits per heavy atom. The highest BCUT2D eigenvalue weighted by atomic mass is 32.1. The van der Waals surface area contributed by atoms with Crippen molar-refractivity contribution >= 4 is 12.8 Å². The maximum atomic E-state index is 9.85. The van der Waals surface area contributed by atoms with Crippen LogP contribution in [0.5, 0.6) is 0 Å². The molecule has 3 atom stereocenters. The van der Waals surface area contributed by atoms with Gasteiger partial charge in [0.15, 0.2) is 5.70 Å². The molecule has 23 heavy (non-hydrogen) atoms. The zero-order valence-corrected chi connectivity index (χ0v) is 16.1. The Morgan fingerprint density at radius 2 is 2.17 bits per heavy atom. The molecule has 0 aromatic rings. The molecule has 0 bridgehead atoms. The molecule has 1 aliphatic rings. The van der Waals surface area contributed by atoms with Gasteiger partial charge in [0.25, 0.3) is 0 Å². The highest BCUT2D eigenvalue weighted by Gasteiger charge is 2.28. The predicted molar refractivity (Wildman–Crippen MR) is 99.0 cm³/mol. The molecule has 0 aliphatic carbocycles. The maximum Gasteiger partial charge on any atom is 0.172 e. The Kier molecular flexibility index (Phi) is 7.87. The number of nitrogens with zero attached hydrogens (tertiary/aromatic N) is 2. The van der Waals surface area contributed by atoms with Crippen LogP contribution in [0, 0.1) is 5.92 Å². The molecule has 1 aliphatic heterocycles. The molecule has 0 spiro atoms. The number of quaternary nitrogens is 1. The highest BCUT2D eigenvalue weighted by molar-refractivity contribution is 7.74. The van der Waals surface area contributed by atoms with Crippen molar-refractivity contribution in [1.29, 1.82) is 0 Å². The number of thiol groups is 1. The molecule has 5 heteroatoms. The molecule has 1 N–H and O–H groups in total. The molecule has 1 fully saturated rings. The van der Waals surface area contributed by atoms with E-state index in [0.717, 1.165) is 24.5 Å². The van der Waals surface area contributed by atoms with Crippen LogP contribution in [0.25, 0.3) is 0 Å². The van der Waals surface area contributed by atoms with E-state index >= 15 is 0 Å². The van der Waals surface area contributed by atoms with Crippen LogP contribution >= 0.6 is 12.8 Å². The quantitative estimate of drug-likeness (QED) is 0.228. The second-order valence-corrected chi connectivity index (χ2v) is 7.41. The Morgan fingerprint density at radius 3 is 2.70 bits per heavy atom. The Labute approximate surface area is 147 Å². The van der Waals surface area contributed by atoms with E-state index in [9.17, 15) is 5.21 Å². The van der Waals surface area contributed by atoms with Gasteiger partial charge in [0.1, 0.15) is 12.8 Å². The summed E-state index contributed by atoms with van der Waals surface area (Å²) in [5.74, 6) is 1.39. The molecule has 0 saturated carbocycles. The Hall–Kier alpha value is -0.750. The van der Waals surface area contributed by atoms with Gasteiger partial charge in [-0.15, -0.1) is 0 Å². The third-order valence-electron chi connectivity index (χ3n) is 4.40. The van der Waals surface area contributed by atoms with Crippen LogP contribution in [-0.2, 0) is 4.74 Å². The largest absolute Gasteiger partial charge is 0.494 e. The normalized spacial score (nSPS) is 26.2. The van der Waals surface area contributed by atoms with E-state index in [4.69, 9.17) is 4.74 Å². The fraction of sp³-hybridized carbons (Fsp3) is 0.667. The van der Waals surface area contributed by atoms with Gasteiger partial charge >= 0.3 is 0 Å². The second kappa shape index (κ2) is 8.92. The van der Waals surface area contributed by atoms with Crippen molar-refractivity contribution in [3.8, 4) is 0 Å². The molecular formula is C18H33N2O2S+. The summed E-state index contributed by atoms with van der Waals surface area (Å²) in [4.78, 5) is 2.54. The van der Waals surface area contributed by atoms with Crippen LogP contribution in [0.2, 0.25) is 0 Å². The standard InChI is InChI=1S/C18H33N2O2S/c1-7-9-19-12-17(11-15(19)4)13-22-18(8-2)10-14(3)16(5)20(6,21)23/h8,10,15,17,21,23H,5,7,9,11-13H2,1-4,6H3/q+1/b14-10-,18-8+. The summed E-state index contributed by atoms with van der Waals surface area (Å²) >= 11 is 4.09. The maximum absolute atomic E-state index is 9.85. The summed E-state index contributed by atoms with van der Waals surface area (Å²) in [5, 5.41) is 9.85. The zero-order valence-electron chi connectivity index (χ0n) is 15.2. The van der Waals surface area contributed by atoms with Gasteiger partial charge in [-0.25, -0.2) is 0 Å². The van der Waals surface area contributed by atoms with Crippen LogP contribution in [0.3, 0.4) is 0 Å². The highest BCUT2D eigenvalue weighted by Crippen LogP contribution is 2.25. The summed E-state index contributed by atoms with van der Waals surface area (Å²) in [6, 6.07) is 0.645. The van der Waals surface area contributed by atoms with E-state index in [-0.39, 0.29) is 0 Å². The lowest BCUT2D eigenvalue weighted by molar-refractivity contribution is -0.939. The van der Waals surface area contributed by atoms with Crippen LogP contribution in [0.15, 0.2) is 35.8 Å². The SMILES string of the molecule is C=C(/C(C)=C\C(=C/C)OCC1CC(C)N(CCC)C1)[N+](C)(O)S. The van der Waals surface area contributed by atoms with Gasteiger partial charge in [-0.2, -0.15) is 5.21 Å². The van der Waals surface area contributed by atoms with Crippen molar-refractivity contribution < 1.29 is 14.0 Å². The first kappa shape index (κ1) is 20.3. The number of likely N-dealkylation sites (N-methyl/N-ethyl adjacent to an activating group) is 1. The van der Waals surface area contributed by atoms with Gasteiger partial charge in [-0.05, 0) is 58.9 Å². The van der Waals surface area contributed by atoms with Gasteiger partial charge in [0.2, 0.25) is 0 Å². The number of hydrogen-bond acceptors (Lipinski definition) is 4. The molecule has 0 amide bonds. The summed E-state index contributed by atoms with van der Waals surface area (Å²) in [5.41, 5.74) is 1.38. The number of hydroxylamine groups is 2. The molecule has 0 radical (unpaired) electrons. The Balaban J connectivity index is 2.57. The predicted octanol–water partition coefficient (Wildman–Crippen LogP) is 4.17. The van der Waals surface area contributed by atoms with Gasteiger partial charge in [0.05, 0.1) is 19.4 Å². The lowest BCUT2D eigenvalue weighted by Crippen LogP contribution is -2.28. The molecule has 3 unspecified atom stereocenters. The summed E-state index contributed by atoms with van der Waals surface area (Å²) in [6.45, 7) is 15.3. The van der Waals surface area contributed by atoms with Gasteiger partial charge < -0.3 is 9.64 Å². The minimum absolute atomic E-state index is 0.528. The van der Waals surface area contributed by atoms with Crippen LogP contribution in [-0.4, -0.2) is 46.9 Å². The number of ether oxygens (including phenoxy) is 1. The minimum atomic E-state index is -0.564. The van der Waals surface area contributed by atoms with Crippen molar-refractivity contribution in [3.63, 3.8) is 0 Å². The average Bonchev–Trinajstić information content (AvgIpc) is 2.82. The van der Waals surface area contributed by atoms with Crippen molar-refractivity contribution in [2.45, 2.75) is 46.6 Å². The third kappa shape index (κ3) is 6.34. The minimum Gasteiger partial charge on any atom is -0.494 e. The van der Waals surface area contributed by atoms with Crippen molar-refractivity contribution in [2.75, 3.05) is 26.7 Å². The first-order valence-electron chi connectivity index (χ1n) is 8.42. The van der Waals surface area contributed by atoms with Crippen LogP contribution < -0.4 is 0 Å². The van der Waals surface area contributed by atoms with Crippen LogP contribution in [0.4, 0.5) is 0 Å². The topological polar surface area (TPSA) is 32.7 Å². The van der Waals surface area contributed by atoms with Crippen molar-refractivity contribution in [3.05, 3.63) is 35.8 Å². The van der Waals surface area contributed by atoms with Crippen molar-refractivity contribution in [2.24, 2.45) is 5.92 Å². The molecule has 132 valence electrons. The van der Waals surface area contributed by atoms with Gasteiger partial charge in [-0.1, -0.05) is 11.0 Å². The summed E-state index contributed by atoms with van der Waals surface area (Å²) in [6.07, 6.45) is 6.24. The fourth-order valence-corrected chi connectivity index (χ4v) is 3.15. The number of likely N-dealkylation sites (tertiary alicyclic amines) is 1. The number of hydrogen-bond donors (Lipinski definition) is 2. The first-order chi connectivity index (χ1) is 10.7.